The predicted molar refractivity (Wildman–Crippen MR) is 192 cm³/mol. The molecule has 3 amide bonds. The molecular weight excluding hydrogens is 695 g/mol. The van der Waals surface area contributed by atoms with Gasteiger partial charge in [-0.3, -0.25) is 19.1 Å². The molecule has 0 unspecified atom stereocenters. The molecule has 2 aromatic carbocycles. The van der Waals surface area contributed by atoms with Gasteiger partial charge in [-0.15, -0.1) is 0 Å². The van der Waals surface area contributed by atoms with E-state index in [0.29, 0.717) is 41.6 Å². The van der Waals surface area contributed by atoms with Crippen LogP contribution in [0.5, 0.6) is 16.7 Å². The van der Waals surface area contributed by atoms with E-state index in [0.717, 1.165) is 35.9 Å². The number of fused-ring (bicyclic) bond motifs is 3. The maximum absolute atomic E-state index is 14.6. The van der Waals surface area contributed by atoms with Crippen LogP contribution in [0.3, 0.4) is 0 Å². The van der Waals surface area contributed by atoms with Crippen molar-refractivity contribution in [2.24, 2.45) is 5.92 Å². The van der Waals surface area contributed by atoms with Crippen molar-refractivity contribution in [3.8, 4) is 16.7 Å². The van der Waals surface area contributed by atoms with Gasteiger partial charge in [0.15, 0.2) is 0 Å². The molecule has 1 saturated heterocycles. The Bertz CT molecular complexity index is 1950. The monoisotopic (exact) mass is 737 g/mol. The minimum Gasteiger partial charge on any atom is -0.497 e. The number of anilines is 1. The molecule has 7 rings (SSSR count). The van der Waals surface area contributed by atoms with E-state index >= 15 is 0 Å². The van der Waals surface area contributed by atoms with Crippen LogP contribution in [0.15, 0.2) is 54.6 Å². The number of allylic oxidation sites excluding steroid dienone is 1. The Labute approximate surface area is 301 Å². The summed E-state index contributed by atoms with van der Waals surface area (Å²) in [6, 6.07) is 11.3. The fourth-order valence-corrected chi connectivity index (χ4v) is 9.24. The summed E-state index contributed by atoms with van der Waals surface area (Å²) in [6.45, 7) is 0.116. The van der Waals surface area contributed by atoms with Gasteiger partial charge in [0.2, 0.25) is 21.8 Å². The zero-order chi connectivity index (χ0) is 35.8. The van der Waals surface area contributed by atoms with Gasteiger partial charge in [-0.2, -0.15) is 0 Å². The summed E-state index contributed by atoms with van der Waals surface area (Å²) >= 11 is 1.35. The summed E-state index contributed by atoms with van der Waals surface area (Å²) in [6.07, 6.45) is 8.56. The molecule has 0 radical (unpaired) electrons. The number of amides is 3. The Morgan fingerprint density at radius 1 is 1.04 bits per heavy atom. The van der Waals surface area contributed by atoms with Crippen LogP contribution in [-0.4, -0.2) is 85.8 Å². The number of thiazole rings is 1. The number of nitrogens with one attached hydrogen (secondary N) is 3. The van der Waals surface area contributed by atoms with Crippen molar-refractivity contribution in [1.82, 2.24) is 19.9 Å². The Morgan fingerprint density at radius 2 is 1.84 bits per heavy atom. The summed E-state index contributed by atoms with van der Waals surface area (Å²) < 4.78 is 45.8. The highest BCUT2D eigenvalue weighted by Crippen LogP contribution is 2.46. The average molecular weight is 738 g/mol. The quantitative estimate of drug-likeness (QED) is 0.272. The summed E-state index contributed by atoms with van der Waals surface area (Å²) in [5.41, 5.74) is 0.00925. The van der Waals surface area contributed by atoms with Crippen LogP contribution in [0.4, 0.5) is 5.69 Å². The Hall–Kier alpha value is -4.37. The molecule has 51 heavy (non-hydrogen) atoms. The molecule has 0 bridgehead atoms. The molecule has 3 aromatic rings. The summed E-state index contributed by atoms with van der Waals surface area (Å²) in [7, 11) is -0.673. The van der Waals surface area contributed by atoms with E-state index < -0.39 is 50.8 Å². The van der Waals surface area contributed by atoms with E-state index in [1.165, 1.54) is 16.2 Å². The van der Waals surface area contributed by atoms with Gasteiger partial charge in [0.05, 0.1) is 36.2 Å². The molecule has 3 N–H and O–H groups in total. The van der Waals surface area contributed by atoms with Crippen molar-refractivity contribution < 1.29 is 37.0 Å². The van der Waals surface area contributed by atoms with E-state index in [-0.39, 0.29) is 31.2 Å². The third-order valence-corrected chi connectivity index (χ3v) is 12.8. The number of hydrogen-bond donors (Lipinski definition) is 3. The van der Waals surface area contributed by atoms with Gasteiger partial charge in [0.1, 0.15) is 35.2 Å². The van der Waals surface area contributed by atoms with E-state index in [1.807, 2.05) is 54.6 Å². The normalized spacial score (nSPS) is 27.0. The predicted octanol–water partition coefficient (Wildman–Crippen LogP) is 4.15. The molecule has 1 aromatic heterocycles. The number of nitrogens with zero attached hydrogens (tertiary/aromatic N) is 2. The van der Waals surface area contributed by atoms with Crippen LogP contribution in [-0.2, 0) is 24.4 Å². The number of sulfonamides is 1. The van der Waals surface area contributed by atoms with Crippen molar-refractivity contribution in [3.63, 3.8) is 0 Å². The second-order valence-electron chi connectivity index (χ2n) is 13.7. The largest absolute Gasteiger partial charge is 0.497 e. The van der Waals surface area contributed by atoms with Crippen molar-refractivity contribution >= 4 is 55.0 Å². The fraction of sp³-hybridized carbons (Fsp3) is 0.500. The van der Waals surface area contributed by atoms with Crippen molar-refractivity contribution in [2.75, 3.05) is 26.1 Å². The second kappa shape index (κ2) is 14.3. The first-order chi connectivity index (χ1) is 24.6. The molecule has 3 fully saturated rings. The summed E-state index contributed by atoms with van der Waals surface area (Å²) in [4.78, 5) is 48.7. The molecule has 272 valence electrons. The molecule has 2 aliphatic carbocycles. The third-order valence-electron chi connectivity index (χ3n) is 10.1. The van der Waals surface area contributed by atoms with Gasteiger partial charge in [0.25, 0.3) is 11.1 Å². The lowest BCUT2D eigenvalue weighted by molar-refractivity contribution is -0.140. The van der Waals surface area contributed by atoms with Gasteiger partial charge in [0, 0.05) is 24.1 Å². The van der Waals surface area contributed by atoms with E-state index in [9.17, 15) is 22.8 Å². The van der Waals surface area contributed by atoms with Gasteiger partial charge in [-0.1, -0.05) is 42.4 Å². The Morgan fingerprint density at radius 3 is 2.63 bits per heavy atom. The zero-order valence-corrected chi connectivity index (χ0v) is 30.3. The number of rotatable bonds is 9. The third kappa shape index (κ3) is 7.64. The number of hydrogen-bond acceptors (Lipinski definition) is 11. The number of methoxy groups -OCH3 is 2. The second-order valence-corrected chi connectivity index (χ2v) is 16.7. The molecule has 0 spiro atoms. The SMILES string of the molecule is COc1cccc(N[C@H]2CCCCCC=C[C@@H]3C[C@@]3(C(=O)NS(=O)(=O)C3CC3)NC(=O)[C@@H]3C[C@@H](Oc4nc5ccc(OC)cc5s4)CN3C2=O)c1. The minimum atomic E-state index is -3.85. The van der Waals surface area contributed by atoms with Crippen molar-refractivity contribution in [1.29, 1.82) is 0 Å². The van der Waals surface area contributed by atoms with Crippen LogP contribution in [0.2, 0.25) is 0 Å². The Kier molecular flexibility index (Phi) is 9.85. The lowest BCUT2D eigenvalue weighted by Crippen LogP contribution is -2.57. The number of aromatic nitrogens is 1. The van der Waals surface area contributed by atoms with Gasteiger partial charge in [-0.05, 0) is 68.9 Å². The first kappa shape index (κ1) is 35.1. The zero-order valence-electron chi connectivity index (χ0n) is 28.6. The molecule has 2 aliphatic heterocycles. The lowest BCUT2D eigenvalue weighted by atomic mass is 10.0. The highest BCUT2D eigenvalue weighted by molar-refractivity contribution is 7.91. The molecule has 13 nitrogen and oxygen atoms in total. The molecule has 3 heterocycles. The van der Waals surface area contributed by atoms with E-state index in [1.54, 1.807) is 14.2 Å². The molecule has 4 aliphatic rings. The highest BCUT2D eigenvalue weighted by atomic mass is 32.2. The van der Waals surface area contributed by atoms with Crippen LogP contribution in [0.25, 0.3) is 10.2 Å². The van der Waals surface area contributed by atoms with Crippen molar-refractivity contribution in [2.45, 2.75) is 86.8 Å². The fourth-order valence-electron chi connectivity index (χ4n) is 6.97. The maximum Gasteiger partial charge on any atom is 0.274 e. The van der Waals surface area contributed by atoms with Crippen LogP contribution in [0, 0.1) is 5.92 Å². The van der Waals surface area contributed by atoms with Crippen LogP contribution < -0.4 is 29.6 Å². The molecule has 5 atom stereocenters. The topological polar surface area (TPSA) is 165 Å². The number of carbonyl (C=O) groups is 3. The lowest BCUT2D eigenvalue weighted by Gasteiger charge is -2.30. The molecule has 2 saturated carbocycles. The smallest absolute Gasteiger partial charge is 0.274 e. The summed E-state index contributed by atoms with van der Waals surface area (Å²) in [5, 5.41) is 6.13. The first-order valence-electron chi connectivity index (χ1n) is 17.5. The maximum atomic E-state index is 14.6. The average Bonchev–Trinajstić information content (AvgIpc) is 4.01. The molecule has 15 heteroatoms. The first-order valence-corrected chi connectivity index (χ1v) is 19.8. The van der Waals surface area contributed by atoms with Gasteiger partial charge in [-0.25, -0.2) is 13.4 Å². The minimum absolute atomic E-state index is 0.116. The van der Waals surface area contributed by atoms with Crippen LogP contribution >= 0.6 is 11.3 Å². The van der Waals surface area contributed by atoms with Gasteiger partial charge < -0.3 is 29.7 Å². The highest BCUT2D eigenvalue weighted by Gasteiger charge is 2.62. The standard InChI is InChI=1S/C36H43N5O8S2/c1-47-24-11-8-10-23(17-24)37-29-12-7-5-3-4-6-9-22-20-36(22,34(44)40-51(45,46)27-14-15-27)39-32(42)30-18-26(21-41(30)33(29)43)49-35-38-28-16-13-25(48-2)19-31(28)50-35/h6,8-11,13,16-17,19,22,26-27,29-30,37H,3-5,7,12,14-15,18,20-21H2,1-2H3,(H,39,42)(H,40,44)/t22-,26-,29+,30+,36-/m1/s1. The number of carbonyl (C=O) groups excluding carboxylic acids is 3. The number of benzene rings is 2. The van der Waals surface area contributed by atoms with Crippen molar-refractivity contribution in [3.05, 3.63) is 54.6 Å². The Balaban J connectivity index is 1.18. The number of ether oxygens (including phenoxy) is 3. The van der Waals surface area contributed by atoms with Crippen LogP contribution in [0.1, 0.15) is 57.8 Å². The summed E-state index contributed by atoms with van der Waals surface area (Å²) in [5.74, 6) is -0.587. The van der Waals surface area contributed by atoms with Gasteiger partial charge >= 0.3 is 0 Å². The van der Waals surface area contributed by atoms with E-state index in [4.69, 9.17) is 14.2 Å². The van der Waals surface area contributed by atoms with E-state index in [2.05, 4.69) is 20.3 Å². The molecular formula is C36H43N5O8S2.